The lowest BCUT2D eigenvalue weighted by atomic mass is 9.85. The molecule has 2 aromatic rings. The van der Waals surface area contributed by atoms with Gasteiger partial charge in [-0.1, -0.05) is 6.07 Å². The fraction of sp³-hybridized carbons (Fsp3) is 0. The molecule has 1 aliphatic rings. The quantitative estimate of drug-likeness (QED) is 0.517. The van der Waals surface area contributed by atoms with Crippen LogP contribution in [0.5, 0.6) is 0 Å². The average Bonchev–Trinajstić information content (AvgIpc) is 2.21. The first-order valence-electron chi connectivity index (χ1n) is 4.22. The molecule has 0 aliphatic heterocycles. The van der Waals surface area contributed by atoms with E-state index < -0.39 is 0 Å². The van der Waals surface area contributed by atoms with Gasteiger partial charge in [0.25, 0.3) is 0 Å². The molecule has 0 spiro atoms. The molecule has 1 aromatic carbocycles. The Balaban J connectivity index is 2.29. The molecule has 1 heterocycles. The summed E-state index contributed by atoms with van der Waals surface area (Å²) in [5, 5.41) is 0. The summed E-state index contributed by atoms with van der Waals surface area (Å²) in [6.45, 7) is 0. The highest BCUT2D eigenvalue weighted by atomic mass is 127. The number of hydrogen-bond donors (Lipinski definition) is 0. The second-order valence-electron chi connectivity index (χ2n) is 3.21. The monoisotopic (exact) mass is 405 g/mol. The van der Waals surface area contributed by atoms with Crippen LogP contribution in [0.3, 0.4) is 0 Å². The molecule has 0 N–H and O–H groups in total. The van der Waals surface area contributed by atoms with Crippen LogP contribution in [0.1, 0.15) is 0 Å². The molecular formula is C11H5I2N. The summed E-state index contributed by atoms with van der Waals surface area (Å²) in [5.74, 6) is 0. The molecule has 0 saturated carbocycles. The summed E-state index contributed by atoms with van der Waals surface area (Å²) in [4.78, 5) is 4.37. The first-order valence-corrected chi connectivity index (χ1v) is 6.38. The lowest BCUT2D eigenvalue weighted by molar-refractivity contribution is 1.29. The summed E-state index contributed by atoms with van der Waals surface area (Å²) in [5.41, 5.74) is 5.08. The van der Waals surface area contributed by atoms with Gasteiger partial charge in [0.05, 0.1) is 5.69 Å². The lowest BCUT2D eigenvalue weighted by Crippen LogP contribution is -2.02. The third kappa shape index (κ3) is 1.14. The van der Waals surface area contributed by atoms with Gasteiger partial charge < -0.3 is 0 Å². The van der Waals surface area contributed by atoms with Gasteiger partial charge in [0.1, 0.15) is 0 Å². The van der Waals surface area contributed by atoms with E-state index in [1.807, 2.05) is 12.3 Å². The van der Waals surface area contributed by atoms with Crippen LogP contribution < -0.4 is 0 Å². The molecule has 0 atom stereocenters. The van der Waals surface area contributed by atoms with Crippen molar-refractivity contribution in [3.8, 4) is 22.4 Å². The van der Waals surface area contributed by atoms with Gasteiger partial charge in [-0.2, -0.15) is 0 Å². The molecule has 0 bridgehead atoms. The van der Waals surface area contributed by atoms with Gasteiger partial charge in [-0.25, -0.2) is 0 Å². The van der Waals surface area contributed by atoms with Crippen LogP contribution in [0.4, 0.5) is 0 Å². The normalized spacial score (nSPS) is 11.6. The Kier molecular flexibility index (Phi) is 2.05. The number of rotatable bonds is 0. The summed E-state index contributed by atoms with van der Waals surface area (Å²) in [6, 6.07) is 8.58. The number of hydrogen-bond acceptors (Lipinski definition) is 1. The Hall–Kier alpha value is -0.170. The number of benzene rings is 1. The zero-order valence-electron chi connectivity index (χ0n) is 7.09. The van der Waals surface area contributed by atoms with Gasteiger partial charge >= 0.3 is 0 Å². The van der Waals surface area contributed by atoms with Gasteiger partial charge in [-0.15, -0.1) is 0 Å². The van der Waals surface area contributed by atoms with Crippen molar-refractivity contribution in [3.05, 3.63) is 37.6 Å². The minimum absolute atomic E-state index is 1.15. The molecule has 0 saturated heterocycles. The summed E-state index contributed by atoms with van der Waals surface area (Å²) in [7, 11) is 0. The SMILES string of the molecule is Ic1cc2c(cc1I)-c1ncccc1-2. The highest BCUT2D eigenvalue weighted by Crippen LogP contribution is 2.46. The van der Waals surface area contributed by atoms with Crippen LogP contribution in [-0.2, 0) is 0 Å². The fourth-order valence-electron chi connectivity index (χ4n) is 1.74. The summed E-state index contributed by atoms with van der Waals surface area (Å²) < 4.78 is 2.62. The maximum absolute atomic E-state index is 4.37. The van der Waals surface area contributed by atoms with Gasteiger partial charge in [0, 0.05) is 24.5 Å². The minimum atomic E-state index is 1.15. The van der Waals surface area contributed by atoms with Crippen molar-refractivity contribution in [3.63, 3.8) is 0 Å². The predicted octanol–water partition coefficient (Wildman–Crippen LogP) is 3.94. The standard InChI is InChI=1S/C11H5I2N/c12-9-4-7-6-2-1-3-14-11(6)8(7)5-10(9)13/h1-5H. The maximum Gasteiger partial charge on any atom is 0.0787 e. The van der Waals surface area contributed by atoms with Crippen LogP contribution in [0.25, 0.3) is 22.4 Å². The van der Waals surface area contributed by atoms with Crippen molar-refractivity contribution >= 4 is 45.2 Å². The molecule has 1 aliphatic carbocycles. The van der Waals surface area contributed by atoms with E-state index in [9.17, 15) is 0 Å². The third-order valence-corrected chi connectivity index (χ3v) is 5.23. The largest absolute Gasteiger partial charge is 0.256 e. The van der Waals surface area contributed by atoms with Gasteiger partial charge in [0.15, 0.2) is 0 Å². The van der Waals surface area contributed by atoms with E-state index in [4.69, 9.17) is 0 Å². The van der Waals surface area contributed by atoms with Crippen LogP contribution in [0.2, 0.25) is 0 Å². The molecule has 3 rings (SSSR count). The molecule has 0 unspecified atom stereocenters. The van der Waals surface area contributed by atoms with Crippen molar-refractivity contribution < 1.29 is 0 Å². The van der Waals surface area contributed by atoms with Crippen LogP contribution >= 0.6 is 45.2 Å². The number of nitrogens with zero attached hydrogens (tertiary/aromatic N) is 1. The van der Waals surface area contributed by atoms with Gasteiger partial charge in [-0.05, 0) is 68.9 Å². The van der Waals surface area contributed by atoms with E-state index in [1.54, 1.807) is 0 Å². The number of aromatic nitrogens is 1. The molecule has 1 nitrogen and oxygen atoms in total. The van der Waals surface area contributed by atoms with Gasteiger partial charge in [0.2, 0.25) is 0 Å². The van der Waals surface area contributed by atoms with E-state index in [0.717, 1.165) is 5.69 Å². The highest BCUT2D eigenvalue weighted by molar-refractivity contribution is 14.1. The van der Waals surface area contributed by atoms with Crippen LogP contribution in [-0.4, -0.2) is 4.98 Å². The lowest BCUT2D eigenvalue weighted by Gasteiger charge is -2.22. The van der Waals surface area contributed by atoms with E-state index in [-0.39, 0.29) is 0 Å². The molecule has 0 amide bonds. The number of fused-ring (bicyclic) bond motifs is 4. The molecule has 68 valence electrons. The molecule has 14 heavy (non-hydrogen) atoms. The molecule has 0 radical (unpaired) electrons. The second-order valence-corrected chi connectivity index (χ2v) is 5.54. The predicted molar refractivity (Wildman–Crippen MR) is 74.1 cm³/mol. The van der Waals surface area contributed by atoms with E-state index in [0.29, 0.717) is 0 Å². The summed E-state index contributed by atoms with van der Waals surface area (Å²) >= 11 is 4.74. The Morgan fingerprint density at radius 3 is 2.43 bits per heavy atom. The van der Waals surface area contributed by atoms with Crippen LogP contribution in [0.15, 0.2) is 30.5 Å². The van der Waals surface area contributed by atoms with Gasteiger partial charge in [-0.3, -0.25) is 4.98 Å². The number of pyridine rings is 1. The Morgan fingerprint density at radius 1 is 0.929 bits per heavy atom. The summed E-state index contributed by atoms with van der Waals surface area (Å²) in [6.07, 6.45) is 1.85. The molecule has 1 aromatic heterocycles. The minimum Gasteiger partial charge on any atom is -0.256 e. The second kappa shape index (κ2) is 3.16. The Bertz CT molecular complexity index is 487. The van der Waals surface area contributed by atoms with Crippen molar-refractivity contribution in [1.29, 1.82) is 0 Å². The van der Waals surface area contributed by atoms with Crippen molar-refractivity contribution in [1.82, 2.24) is 4.98 Å². The van der Waals surface area contributed by atoms with E-state index >= 15 is 0 Å². The average molecular weight is 405 g/mol. The van der Waals surface area contributed by atoms with Crippen molar-refractivity contribution in [2.45, 2.75) is 0 Å². The van der Waals surface area contributed by atoms with E-state index in [2.05, 4.69) is 68.4 Å². The first-order chi connectivity index (χ1) is 6.77. The zero-order valence-corrected chi connectivity index (χ0v) is 11.4. The Labute approximate surface area is 109 Å². The topological polar surface area (TPSA) is 12.9 Å². The molecule has 3 heteroatoms. The number of halogens is 2. The fourth-order valence-corrected chi connectivity index (χ4v) is 2.67. The zero-order chi connectivity index (χ0) is 9.71. The highest BCUT2D eigenvalue weighted by Gasteiger charge is 2.24. The smallest absolute Gasteiger partial charge is 0.0787 e. The Morgan fingerprint density at radius 2 is 1.64 bits per heavy atom. The van der Waals surface area contributed by atoms with Crippen LogP contribution in [0, 0.1) is 7.14 Å². The third-order valence-electron chi connectivity index (χ3n) is 2.41. The van der Waals surface area contributed by atoms with Crippen molar-refractivity contribution in [2.24, 2.45) is 0 Å². The first kappa shape index (κ1) is 9.08. The molecular weight excluding hydrogens is 400 g/mol. The maximum atomic E-state index is 4.37. The molecule has 0 fully saturated rings. The van der Waals surface area contributed by atoms with Crippen molar-refractivity contribution in [2.75, 3.05) is 0 Å². The van der Waals surface area contributed by atoms with E-state index in [1.165, 1.54) is 23.8 Å².